The van der Waals surface area contributed by atoms with Gasteiger partial charge >= 0.3 is 0 Å². The number of ether oxygens (including phenoxy) is 1. The first kappa shape index (κ1) is 22.6. The van der Waals surface area contributed by atoms with Gasteiger partial charge in [0.2, 0.25) is 11.9 Å². The number of benzene rings is 1. The Morgan fingerprint density at radius 2 is 1.70 bits per heavy atom. The molecule has 1 amide bonds. The maximum absolute atomic E-state index is 13.2. The third-order valence-electron chi connectivity index (χ3n) is 5.26. The number of para-hydroxylation sites is 1. The zero-order valence-electron chi connectivity index (χ0n) is 18.8. The summed E-state index contributed by atoms with van der Waals surface area (Å²) in [5.74, 6) is 0.927. The molecule has 2 aromatic rings. The molecule has 2 heterocycles. The minimum absolute atomic E-state index is 0.122. The fraction of sp³-hybridized carbons (Fsp3) is 0.591. The molecule has 1 fully saturated rings. The lowest BCUT2D eigenvalue weighted by Crippen LogP contribution is -2.45. The number of aromatic nitrogens is 3. The van der Waals surface area contributed by atoms with E-state index in [1.165, 1.54) is 11.8 Å². The van der Waals surface area contributed by atoms with Crippen molar-refractivity contribution in [1.82, 2.24) is 19.7 Å². The average Bonchev–Trinajstić information content (AvgIpc) is 3.11. The van der Waals surface area contributed by atoms with Crippen molar-refractivity contribution in [3.8, 4) is 5.69 Å². The number of amides is 1. The smallest absolute Gasteiger partial charge is 0.236 e. The Morgan fingerprint density at radius 1 is 1.07 bits per heavy atom. The maximum atomic E-state index is 13.2. The second-order valence-electron chi connectivity index (χ2n) is 8.20. The molecule has 7 nitrogen and oxygen atoms in total. The Labute approximate surface area is 183 Å². The number of carbonyl (C=O) groups is 1. The fourth-order valence-electron chi connectivity index (χ4n) is 3.86. The molecule has 1 saturated heterocycles. The fourth-order valence-corrected chi connectivity index (χ4v) is 4.77. The van der Waals surface area contributed by atoms with Crippen LogP contribution in [0.5, 0.6) is 0 Å². The van der Waals surface area contributed by atoms with Crippen LogP contribution in [0.25, 0.3) is 5.69 Å². The van der Waals surface area contributed by atoms with Crippen molar-refractivity contribution in [2.75, 3.05) is 31.2 Å². The monoisotopic (exact) mass is 431 g/mol. The van der Waals surface area contributed by atoms with E-state index in [0.29, 0.717) is 13.2 Å². The third-order valence-corrected chi connectivity index (χ3v) is 6.29. The summed E-state index contributed by atoms with van der Waals surface area (Å²) in [4.78, 5) is 17.3. The normalized spacial score (nSPS) is 15.7. The van der Waals surface area contributed by atoms with Crippen molar-refractivity contribution in [2.45, 2.75) is 64.0 Å². The molecule has 0 bridgehead atoms. The van der Waals surface area contributed by atoms with E-state index < -0.39 is 0 Å². The Balaban J connectivity index is 1.95. The average molecular weight is 432 g/mol. The van der Waals surface area contributed by atoms with Gasteiger partial charge in [0.15, 0.2) is 5.16 Å². The second kappa shape index (κ2) is 9.83. The largest absolute Gasteiger partial charge is 0.378 e. The Kier molecular flexibility index (Phi) is 7.41. The summed E-state index contributed by atoms with van der Waals surface area (Å²) in [5.41, 5.74) is 2.18. The Morgan fingerprint density at radius 3 is 2.30 bits per heavy atom. The molecule has 1 aliphatic heterocycles. The Bertz CT molecular complexity index is 853. The SMILES string of the molecule is Cc1ccccc1-n1c(SC(C)C(=O)N(C(C)C)C(C)C)nnc1N1CCOCC1. The van der Waals surface area contributed by atoms with Crippen LogP contribution < -0.4 is 4.90 Å². The zero-order chi connectivity index (χ0) is 21.8. The first-order valence-electron chi connectivity index (χ1n) is 10.6. The number of hydrogen-bond donors (Lipinski definition) is 0. The van der Waals surface area contributed by atoms with Crippen molar-refractivity contribution >= 4 is 23.6 Å². The summed E-state index contributed by atoms with van der Waals surface area (Å²) in [6.45, 7) is 15.2. The van der Waals surface area contributed by atoms with Gasteiger partial charge in [-0.25, -0.2) is 0 Å². The van der Waals surface area contributed by atoms with Crippen molar-refractivity contribution in [3.63, 3.8) is 0 Å². The van der Waals surface area contributed by atoms with Gasteiger partial charge in [-0.1, -0.05) is 30.0 Å². The summed E-state index contributed by atoms with van der Waals surface area (Å²) in [5, 5.41) is 9.50. The molecule has 0 aliphatic carbocycles. The van der Waals surface area contributed by atoms with Gasteiger partial charge in [-0.05, 0) is 53.2 Å². The molecule has 3 rings (SSSR count). The number of rotatable bonds is 7. The van der Waals surface area contributed by atoms with Crippen LogP contribution in [0.2, 0.25) is 0 Å². The molecule has 0 saturated carbocycles. The number of anilines is 1. The molecule has 1 aromatic heterocycles. The van der Waals surface area contributed by atoms with Gasteiger partial charge in [-0.15, -0.1) is 10.2 Å². The van der Waals surface area contributed by atoms with Crippen molar-refractivity contribution < 1.29 is 9.53 Å². The third kappa shape index (κ3) is 4.81. The molecular formula is C22H33N5O2S. The van der Waals surface area contributed by atoms with E-state index >= 15 is 0 Å². The van der Waals surface area contributed by atoms with Crippen LogP contribution in [0.3, 0.4) is 0 Å². The summed E-state index contributed by atoms with van der Waals surface area (Å²) in [6, 6.07) is 8.51. The number of carbonyl (C=O) groups excluding carboxylic acids is 1. The highest BCUT2D eigenvalue weighted by Gasteiger charge is 2.29. The highest BCUT2D eigenvalue weighted by atomic mass is 32.2. The van der Waals surface area contributed by atoms with Crippen LogP contribution in [0.4, 0.5) is 5.95 Å². The van der Waals surface area contributed by atoms with E-state index in [1.807, 2.05) is 24.0 Å². The van der Waals surface area contributed by atoms with E-state index in [1.54, 1.807) is 0 Å². The number of morpholine rings is 1. The number of aryl methyl sites for hydroxylation is 1. The second-order valence-corrected chi connectivity index (χ2v) is 9.50. The number of nitrogens with zero attached hydrogens (tertiary/aromatic N) is 5. The van der Waals surface area contributed by atoms with E-state index in [0.717, 1.165) is 35.4 Å². The first-order valence-corrected chi connectivity index (χ1v) is 11.5. The van der Waals surface area contributed by atoms with Crippen LogP contribution in [-0.4, -0.2) is 69.2 Å². The lowest BCUT2D eigenvalue weighted by molar-refractivity contribution is -0.133. The maximum Gasteiger partial charge on any atom is 0.236 e. The van der Waals surface area contributed by atoms with E-state index in [-0.39, 0.29) is 23.2 Å². The van der Waals surface area contributed by atoms with Crippen LogP contribution in [-0.2, 0) is 9.53 Å². The van der Waals surface area contributed by atoms with Gasteiger partial charge in [-0.2, -0.15) is 0 Å². The van der Waals surface area contributed by atoms with E-state index in [4.69, 9.17) is 4.74 Å². The molecule has 1 aromatic carbocycles. The predicted octanol–water partition coefficient (Wildman–Crippen LogP) is 3.54. The molecule has 164 valence electrons. The summed E-state index contributed by atoms with van der Waals surface area (Å²) >= 11 is 1.47. The van der Waals surface area contributed by atoms with Gasteiger partial charge in [0.1, 0.15) is 0 Å². The number of hydrogen-bond acceptors (Lipinski definition) is 6. The molecule has 0 N–H and O–H groups in total. The highest BCUT2D eigenvalue weighted by molar-refractivity contribution is 8.00. The molecule has 30 heavy (non-hydrogen) atoms. The zero-order valence-corrected chi connectivity index (χ0v) is 19.6. The lowest BCUT2D eigenvalue weighted by Gasteiger charge is -2.33. The van der Waals surface area contributed by atoms with Crippen LogP contribution in [0, 0.1) is 6.92 Å². The van der Waals surface area contributed by atoms with Crippen LogP contribution in [0.15, 0.2) is 29.4 Å². The molecule has 0 radical (unpaired) electrons. The summed E-state index contributed by atoms with van der Waals surface area (Å²) in [7, 11) is 0. The quantitative estimate of drug-likeness (QED) is 0.625. The minimum atomic E-state index is -0.265. The minimum Gasteiger partial charge on any atom is -0.378 e. The van der Waals surface area contributed by atoms with E-state index in [2.05, 4.69) is 66.4 Å². The van der Waals surface area contributed by atoms with E-state index in [9.17, 15) is 4.79 Å². The lowest BCUT2D eigenvalue weighted by atomic mass is 10.2. The van der Waals surface area contributed by atoms with Gasteiger partial charge in [-0.3, -0.25) is 9.36 Å². The predicted molar refractivity (Wildman–Crippen MR) is 122 cm³/mol. The van der Waals surface area contributed by atoms with Crippen molar-refractivity contribution in [1.29, 1.82) is 0 Å². The van der Waals surface area contributed by atoms with Crippen molar-refractivity contribution in [2.24, 2.45) is 0 Å². The molecule has 1 unspecified atom stereocenters. The molecule has 1 atom stereocenters. The molecule has 0 spiro atoms. The highest BCUT2D eigenvalue weighted by Crippen LogP contribution is 2.32. The first-order chi connectivity index (χ1) is 14.3. The van der Waals surface area contributed by atoms with Gasteiger partial charge in [0.05, 0.1) is 24.2 Å². The van der Waals surface area contributed by atoms with Gasteiger partial charge in [0.25, 0.3) is 0 Å². The Hall–Kier alpha value is -2.06. The van der Waals surface area contributed by atoms with Crippen molar-refractivity contribution in [3.05, 3.63) is 29.8 Å². The standard InChI is InChI=1S/C22H33N5O2S/c1-15(2)26(16(3)4)20(28)18(6)30-22-24-23-21(25-11-13-29-14-12-25)27(22)19-10-8-7-9-17(19)5/h7-10,15-16,18H,11-14H2,1-6H3. The summed E-state index contributed by atoms with van der Waals surface area (Å²) < 4.78 is 7.60. The van der Waals surface area contributed by atoms with Crippen LogP contribution >= 0.6 is 11.8 Å². The topological polar surface area (TPSA) is 63.5 Å². The number of thioether (sulfide) groups is 1. The molecular weight excluding hydrogens is 398 g/mol. The summed E-state index contributed by atoms with van der Waals surface area (Å²) in [6.07, 6.45) is 0. The molecule has 1 aliphatic rings. The van der Waals surface area contributed by atoms with Gasteiger partial charge in [0, 0.05) is 25.2 Å². The molecule has 8 heteroatoms. The van der Waals surface area contributed by atoms with Gasteiger partial charge < -0.3 is 14.5 Å². The van der Waals surface area contributed by atoms with Crippen LogP contribution in [0.1, 0.15) is 40.2 Å².